The van der Waals surface area contributed by atoms with Gasteiger partial charge < -0.3 is 5.32 Å². The average molecular weight is 471 g/mol. The number of carbonyl (C=O) groups is 1. The van der Waals surface area contributed by atoms with Crippen molar-refractivity contribution in [3.63, 3.8) is 0 Å². The lowest BCUT2D eigenvalue weighted by Crippen LogP contribution is -2.38. The Labute approximate surface area is 195 Å². The number of anilines is 1. The van der Waals surface area contributed by atoms with E-state index in [9.17, 15) is 13.2 Å². The maximum absolute atomic E-state index is 13.4. The van der Waals surface area contributed by atoms with E-state index in [1.54, 1.807) is 0 Å². The van der Waals surface area contributed by atoms with Gasteiger partial charge in [0.05, 0.1) is 11.4 Å². The topological polar surface area (TPSA) is 66.5 Å². The molecule has 32 heavy (non-hydrogen) atoms. The summed E-state index contributed by atoms with van der Waals surface area (Å²) < 4.78 is 28.1. The number of halogens is 1. The van der Waals surface area contributed by atoms with Gasteiger partial charge in [-0.3, -0.25) is 4.79 Å². The normalized spacial score (nSPS) is 11.6. The zero-order chi connectivity index (χ0) is 23.5. The second-order valence-electron chi connectivity index (χ2n) is 7.98. The molecule has 0 bridgehead atoms. The van der Waals surface area contributed by atoms with Crippen molar-refractivity contribution in [2.75, 3.05) is 11.9 Å². The summed E-state index contributed by atoms with van der Waals surface area (Å²) in [6.45, 7) is 7.52. The van der Waals surface area contributed by atoms with E-state index >= 15 is 0 Å². The largest absolute Gasteiger partial charge is 0.324 e. The molecule has 0 aliphatic heterocycles. The van der Waals surface area contributed by atoms with E-state index in [0.717, 1.165) is 27.8 Å². The molecule has 0 unspecified atom stereocenters. The molecule has 5 nitrogen and oxygen atoms in total. The van der Waals surface area contributed by atoms with Crippen LogP contribution in [0.2, 0.25) is 5.02 Å². The number of benzene rings is 3. The first-order valence-corrected chi connectivity index (χ1v) is 12.1. The summed E-state index contributed by atoms with van der Waals surface area (Å²) in [4.78, 5) is 13.1. The lowest BCUT2D eigenvalue weighted by molar-refractivity contribution is -0.116. The highest BCUT2D eigenvalue weighted by atomic mass is 35.5. The second-order valence-corrected chi connectivity index (χ2v) is 10.3. The van der Waals surface area contributed by atoms with Gasteiger partial charge in [-0.2, -0.15) is 4.31 Å². The van der Waals surface area contributed by atoms with Crippen molar-refractivity contribution in [2.45, 2.75) is 39.1 Å². The van der Waals surface area contributed by atoms with Gasteiger partial charge in [0.1, 0.15) is 0 Å². The predicted octanol–water partition coefficient (Wildman–Crippen LogP) is 5.40. The lowest BCUT2D eigenvalue weighted by atomic mass is 10.1. The van der Waals surface area contributed by atoms with Gasteiger partial charge in [-0.25, -0.2) is 8.42 Å². The number of sulfonamides is 1. The summed E-state index contributed by atoms with van der Waals surface area (Å²) in [6, 6.07) is 17.5. The quantitative estimate of drug-likeness (QED) is 0.502. The van der Waals surface area contributed by atoms with Gasteiger partial charge in [-0.05, 0) is 74.2 Å². The molecule has 3 aromatic rings. The first-order valence-electron chi connectivity index (χ1n) is 10.3. The number of nitrogens with zero attached hydrogens (tertiary/aromatic N) is 1. The van der Waals surface area contributed by atoms with Crippen LogP contribution in [0.5, 0.6) is 0 Å². The Kier molecular flexibility index (Phi) is 7.39. The summed E-state index contributed by atoms with van der Waals surface area (Å²) in [7, 11) is -3.93. The number of amides is 1. The maximum Gasteiger partial charge on any atom is 0.243 e. The molecule has 0 fully saturated rings. The Morgan fingerprint density at radius 1 is 0.906 bits per heavy atom. The van der Waals surface area contributed by atoms with Gasteiger partial charge >= 0.3 is 0 Å². The predicted molar refractivity (Wildman–Crippen MR) is 130 cm³/mol. The molecule has 1 amide bonds. The minimum absolute atomic E-state index is 0.0803. The van der Waals surface area contributed by atoms with Crippen LogP contribution in [-0.4, -0.2) is 25.2 Å². The Balaban J connectivity index is 1.93. The van der Waals surface area contributed by atoms with Crippen LogP contribution in [0.1, 0.15) is 27.8 Å². The van der Waals surface area contributed by atoms with E-state index in [1.165, 1.54) is 28.6 Å². The molecule has 0 saturated carbocycles. The molecule has 0 heterocycles. The van der Waals surface area contributed by atoms with Crippen molar-refractivity contribution in [1.82, 2.24) is 4.31 Å². The number of aryl methyl sites for hydroxylation is 4. The number of hydrogen-bond donors (Lipinski definition) is 1. The SMILES string of the molecule is Cc1cc(C)c(NC(=O)CN(Cc2ccccc2C)S(=O)(=O)c2ccc(Cl)cc2)c(C)c1. The Morgan fingerprint density at radius 2 is 1.50 bits per heavy atom. The highest BCUT2D eigenvalue weighted by Crippen LogP contribution is 2.24. The number of nitrogens with one attached hydrogen (secondary N) is 1. The molecule has 0 aliphatic carbocycles. The molecule has 7 heteroatoms. The maximum atomic E-state index is 13.4. The minimum atomic E-state index is -3.93. The first-order chi connectivity index (χ1) is 15.1. The highest BCUT2D eigenvalue weighted by molar-refractivity contribution is 7.89. The fraction of sp³-hybridized carbons (Fsp3) is 0.240. The Bertz CT molecular complexity index is 1220. The van der Waals surface area contributed by atoms with Gasteiger partial charge in [0.25, 0.3) is 0 Å². The van der Waals surface area contributed by atoms with Crippen molar-refractivity contribution in [2.24, 2.45) is 0 Å². The lowest BCUT2D eigenvalue weighted by Gasteiger charge is -2.23. The fourth-order valence-electron chi connectivity index (χ4n) is 3.68. The Hall–Kier alpha value is -2.67. The summed E-state index contributed by atoms with van der Waals surface area (Å²) in [5.41, 5.74) is 5.46. The molecular weight excluding hydrogens is 444 g/mol. The van der Waals surface area contributed by atoms with Crippen molar-refractivity contribution in [3.05, 3.63) is 93.5 Å². The van der Waals surface area contributed by atoms with Gasteiger partial charge in [0, 0.05) is 17.3 Å². The van der Waals surface area contributed by atoms with Crippen LogP contribution in [0.3, 0.4) is 0 Å². The zero-order valence-electron chi connectivity index (χ0n) is 18.6. The van der Waals surface area contributed by atoms with E-state index in [1.807, 2.05) is 64.1 Å². The first kappa shape index (κ1) is 24.0. The molecule has 0 aliphatic rings. The van der Waals surface area contributed by atoms with Crippen molar-refractivity contribution in [3.8, 4) is 0 Å². The van der Waals surface area contributed by atoms with Crippen LogP contribution in [0.4, 0.5) is 5.69 Å². The Morgan fingerprint density at radius 3 is 2.09 bits per heavy atom. The third kappa shape index (κ3) is 5.57. The molecule has 0 spiro atoms. The minimum Gasteiger partial charge on any atom is -0.324 e. The van der Waals surface area contributed by atoms with E-state index in [2.05, 4.69) is 5.32 Å². The van der Waals surface area contributed by atoms with Crippen LogP contribution in [0.25, 0.3) is 0 Å². The highest BCUT2D eigenvalue weighted by Gasteiger charge is 2.27. The molecule has 0 aromatic heterocycles. The third-order valence-electron chi connectivity index (χ3n) is 5.32. The van der Waals surface area contributed by atoms with E-state index in [-0.39, 0.29) is 18.0 Å². The van der Waals surface area contributed by atoms with Crippen LogP contribution < -0.4 is 5.32 Å². The molecule has 0 radical (unpaired) electrons. The van der Waals surface area contributed by atoms with Crippen LogP contribution in [0.15, 0.2) is 65.6 Å². The van der Waals surface area contributed by atoms with Crippen molar-refractivity contribution >= 4 is 33.2 Å². The smallest absolute Gasteiger partial charge is 0.243 e. The molecule has 0 atom stereocenters. The van der Waals surface area contributed by atoms with Crippen LogP contribution >= 0.6 is 11.6 Å². The zero-order valence-corrected chi connectivity index (χ0v) is 20.2. The standard InChI is InChI=1S/C25H27ClN2O3S/c1-17-13-19(3)25(20(4)14-17)27-24(29)16-28(15-21-8-6-5-7-18(21)2)32(30,31)23-11-9-22(26)10-12-23/h5-14H,15-16H2,1-4H3,(H,27,29). The van der Waals surface area contributed by atoms with E-state index in [4.69, 9.17) is 11.6 Å². The molecule has 3 rings (SSSR count). The monoisotopic (exact) mass is 470 g/mol. The van der Waals surface area contributed by atoms with Crippen molar-refractivity contribution < 1.29 is 13.2 Å². The second kappa shape index (κ2) is 9.86. The molecular formula is C25H27ClN2O3S. The number of carbonyl (C=O) groups excluding carboxylic acids is 1. The van der Waals surface area contributed by atoms with E-state index < -0.39 is 15.9 Å². The van der Waals surface area contributed by atoms with Crippen molar-refractivity contribution in [1.29, 1.82) is 0 Å². The fourth-order valence-corrected chi connectivity index (χ4v) is 5.18. The average Bonchev–Trinajstić information content (AvgIpc) is 2.72. The molecule has 1 N–H and O–H groups in total. The molecule has 0 saturated heterocycles. The third-order valence-corrected chi connectivity index (χ3v) is 7.38. The molecule has 3 aromatic carbocycles. The van der Waals surface area contributed by atoms with Gasteiger partial charge in [0.15, 0.2) is 0 Å². The molecule has 168 valence electrons. The van der Waals surface area contributed by atoms with Gasteiger partial charge in [0.2, 0.25) is 15.9 Å². The number of rotatable bonds is 7. The van der Waals surface area contributed by atoms with E-state index in [0.29, 0.717) is 10.7 Å². The van der Waals surface area contributed by atoms with Gasteiger partial charge in [-0.15, -0.1) is 0 Å². The van der Waals surface area contributed by atoms with Crippen LogP contribution in [0, 0.1) is 27.7 Å². The summed E-state index contributed by atoms with van der Waals surface area (Å²) in [5.74, 6) is -0.397. The number of hydrogen-bond acceptors (Lipinski definition) is 3. The van der Waals surface area contributed by atoms with Gasteiger partial charge in [-0.1, -0.05) is 53.6 Å². The van der Waals surface area contributed by atoms with Crippen LogP contribution in [-0.2, 0) is 21.4 Å². The summed E-state index contributed by atoms with van der Waals surface area (Å²) in [5, 5.41) is 3.35. The summed E-state index contributed by atoms with van der Waals surface area (Å²) in [6.07, 6.45) is 0. The summed E-state index contributed by atoms with van der Waals surface area (Å²) >= 11 is 5.93.